The summed E-state index contributed by atoms with van der Waals surface area (Å²) in [6.07, 6.45) is 8.70. The molecular weight excluding hydrogens is 596 g/mol. The number of aromatic nitrogens is 1. The van der Waals surface area contributed by atoms with Gasteiger partial charge in [0.2, 0.25) is 5.91 Å². The topological polar surface area (TPSA) is 155 Å². The number of hydrogen-bond acceptors (Lipinski definition) is 9. The normalized spacial score (nSPS) is 13.3. The smallest absolute Gasteiger partial charge is 0.251 e. The number of fused-ring (bicyclic) bond motifs is 1. The number of ether oxygens (including phenoxy) is 2. The van der Waals surface area contributed by atoms with Crippen LogP contribution in [0.5, 0.6) is 0 Å². The standard InChI is InChI=1S/C26H32N4O5.C10H14N2/c1-27-9-12-35-14-13-34-11-2-3-19-4-7-24(29-18-19)30-26(33)23-15-20-5-6-21(16-22(20)17-23)25(32)28-8-10-31;1-7-4-8(2)10(12-3)9(5-7)6-11/h2-7,10,16,18,23,27H,8-9,11-15,17H2,1H3,(H,28,32)(H,29,30,33);4-6,11-12H,1-3H3/b3-2+;. The number of likely N-dealkylation sites (N-methyl/N-ethyl adjacent to an activating group) is 1. The number of pyridine rings is 1. The van der Waals surface area contributed by atoms with Gasteiger partial charge in [-0.3, -0.25) is 9.59 Å². The van der Waals surface area contributed by atoms with Crippen LogP contribution >= 0.6 is 0 Å². The van der Waals surface area contributed by atoms with Crippen LogP contribution in [-0.2, 0) is 31.9 Å². The third-order valence-corrected chi connectivity index (χ3v) is 7.46. The number of aldehydes is 1. The molecule has 47 heavy (non-hydrogen) atoms. The van der Waals surface area contributed by atoms with Gasteiger partial charge in [-0.25, -0.2) is 4.98 Å². The number of nitrogens with zero attached hydrogens (tertiary/aromatic N) is 1. The van der Waals surface area contributed by atoms with Crippen LogP contribution in [0.4, 0.5) is 11.5 Å². The van der Waals surface area contributed by atoms with Gasteiger partial charge in [0.05, 0.1) is 33.0 Å². The third kappa shape index (κ3) is 11.9. The maximum Gasteiger partial charge on any atom is 0.251 e. The van der Waals surface area contributed by atoms with E-state index in [1.807, 2.05) is 58.3 Å². The Morgan fingerprint density at radius 1 is 1.00 bits per heavy atom. The van der Waals surface area contributed by atoms with Gasteiger partial charge >= 0.3 is 0 Å². The van der Waals surface area contributed by atoms with E-state index in [1.165, 1.54) is 17.3 Å². The van der Waals surface area contributed by atoms with E-state index in [2.05, 4.69) is 32.3 Å². The third-order valence-electron chi connectivity index (χ3n) is 7.46. The number of carbonyl (C=O) groups is 3. The molecule has 0 fully saturated rings. The molecule has 0 radical (unpaired) electrons. The van der Waals surface area contributed by atoms with Gasteiger partial charge in [-0.15, -0.1) is 0 Å². The van der Waals surface area contributed by atoms with Crippen molar-refractivity contribution in [2.45, 2.75) is 26.7 Å². The molecule has 1 aliphatic carbocycles. The van der Waals surface area contributed by atoms with Crippen LogP contribution in [-0.4, -0.2) is 82.9 Å². The zero-order valence-electron chi connectivity index (χ0n) is 27.7. The summed E-state index contributed by atoms with van der Waals surface area (Å²) in [7, 11) is 3.76. The predicted molar refractivity (Wildman–Crippen MR) is 187 cm³/mol. The number of rotatable bonds is 16. The fraction of sp³-hybridized carbons (Fsp3) is 0.361. The Labute approximate surface area is 277 Å². The molecule has 0 bridgehead atoms. The van der Waals surface area contributed by atoms with Crippen molar-refractivity contribution in [3.8, 4) is 0 Å². The number of benzene rings is 2. The van der Waals surface area contributed by atoms with E-state index in [0.717, 1.165) is 34.5 Å². The first kappa shape index (κ1) is 36.8. The van der Waals surface area contributed by atoms with Gasteiger partial charge < -0.3 is 40.9 Å². The highest BCUT2D eigenvalue weighted by atomic mass is 16.5. The lowest BCUT2D eigenvalue weighted by molar-refractivity contribution is -0.119. The molecule has 1 aliphatic rings. The second-order valence-corrected chi connectivity index (χ2v) is 11.1. The highest BCUT2D eigenvalue weighted by Gasteiger charge is 2.28. The Balaban J connectivity index is 0.000000420. The van der Waals surface area contributed by atoms with Gasteiger partial charge in [-0.2, -0.15) is 0 Å². The summed E-state index contributed by atoms with van der Waals surface area (Å²) in [6.45, 7) is 7.14. The van der Waals surface area contributed by atoms with Crippen molar-refractivity contribution in [1.29, 1.82) is 5.41 Å². The van der Waals surface area contributed by atoms with Gasteiger partial charge in [0.1, 0.15) is 12.1 Å². The van der Waals surface area contributed by atoms with Crippen LogP contribution in [0.2, 0.25) is 0 Å². The van der Waals surface area contributed by atoms with Crippen LogP contribution in [0.15, 0.2) is 54.7 Å². The lowest BCUT2D eigenvalue weighted by atomic mass is 10.0. The molecule has 5 N–H and O–H groups in total. The van der Waals surface area contributed by atoms with E-state index >= 15 is 0 Å². The second-order valence-electron chi connectivity index (χ2n) is 11.1. The highest BCUT2D eigenvalue weighted by Crippen LogP contribution is 2.28. The minimum Gasteiger partial charge on any atom is -0.387 e. The number of anilines is 2. The SMILES string of the molecule is CNCCOCCOC/C=C/c1ccc(NC(=O)C2Cc3ccc(C(=O)NCC=O)cc3C2)nc1.CNc1c(C)cc(C)cc1C=N. The lowest BCUT2D eigenvalue weighted by Gasteiger charge is -2.10. The fourth-order valence-corrected chi connectivity index (χ4v) is 5.17. The molecule has 2 amide bonds. The summed E-state index contributed by atoms with van der Waals surface area (Å²) in [5.41, 5.74) is 7.82. The largest absolute Gasteiger partial charge is 0.387 e. The van der Waals surface area contributed by atoms with Gasteiger partial charge in [0.15, 0.2) is 0 Å². The molecule has 1 aromatic heterocycles. The van der Waals surface area contributed by atoms with Crippen LogP contribution in [0, 0.1) is 25.2 Å². The van der Waals surface area contributed by atoms with E-state index in [-0.39, 0.29) is 24.3 Å². The van der Waals surface area contributed by atoms with Crippen molar-refractivity contribution in [3.63, 3.8) is 0 Å². The molecule has 2 aromatic carbocycles. The Bertz CT molecular complexity index is 1520. The molecular formula is C36H46N6O5. The van der Waals surface area contributed by atoms with Gasteiger partial charge in [0.25, 0.3) is 5.91 Å². The molecule has 1 atom stereocenters. The minimum absolute atomic E-state index is 0.0246. The van der Waals surface area contributed by atoms with Crippen molar-refractivity contribution in [1.82, 2.24) is 15.6 Å². The average molecular weight is 643 g/mol. The Morgan fingerprint density at radius 2 is 1.79 bits per heavy atom. The number of hydrogen-bond donors (Lipinski definition) is 5. The Hall–Kier alpha value is -4.71. The van der Waals surface area contributed by atoms with Crippen molar-refractivity contribution in [2.75, 3.05) is 64.2 Å². The Kier molecular flexibility index (Phi) is 15.4. The summed E-state index contributed by atoms with van der Waals surface area (Å²) in [5, 5.41) is 18.7. The molecule has 0 saturated carbocycles. The van der Waals surface area contributed by atoms with Gasteiger partial charge in [0, 0.05) is 48.7 Å². The molecule has 1 heterocycles. The maximum absolute atomic E-state index is 12.8. The number of aryl methyl sites for hydroxylation is 2. The van der Waals surface area contributed by atoms with Crippen molar-refractivity contribution >= 4 is 41.9 Å². The van der Waals surface area contributed by atoms with E-state index in [4.69, 9.17) is 14.9 Å². The molecule has 11 nitrogen and oxygen atoms in total. The number of nitrogens with one attached hydrogen (secondary N) is 5. The fourth-order valence-electron chi connectivity index (χ4n) is 5.17. The first-order valence-corrected chi connectivity index (χ1v) is 15.7. The van der Waals surface area contributed by atoms with Crippen LogP contribution in [0.3, 0.4) is 0 Å². The van der Waals surface area contributed by atoms with Crippen molar-refractivity contribution < 1.29 is 23.9 Å². The van der Waals surface area contributed by atoms with Gasteiger partial charge in [-0.1, -0.05) is 29.8 Å². The molecule has 4 rings (SSSR count). The predicted octanol–water partition coefficient (Wildman–Crippen LogP) is 3.97. The van der Waals surface area contributed by atoms with Crippen LogP contribution in [0.25, 0.3) is 6.08 Å². The second kappa shape index (κ2) is 19.7. The molecule has 11 heteroatoms. The van der Waals surface area contributed by atoms with Crippen molar-refractivity contribution in [3.05, 3.63) is 93.7 Å². The Morgan fingerprint density at radius 3 is 2.49 bits per heavy atom. The first-order chi connectivity index (χ1) is 22.8. The molecule has 0 aliphatic heterocycles. The molecule has 0 saturated heterocycles. The zero-order chi connectivity index (χ0) is 34.0. The first-order valence-electron chi connectivity index (χ1n) is 15.7. The van der Waals surface area contributed by atoms with Gasteiger partial charge in [-0.05, 0) is 86.3 Å². The molecule has 3 aromatic rings. The molecule has 0 spiro atoms. The van der Waals surface area contributed by atoms with Crippen molar-refractivity contribution in [2.24, 2.45) is 5.92 Å². The summed E-state index contributed by atoms with van der Waals surface area (Å²) in [5.74, 6) is -0.132. The monoisotopic (exact) mass is 642 g/mol. The summed E-state index contributed by atoms with van der Waals surface area (Å²) < 4.78 is 10.9. The average Bonchev–Trinajstić information content (AvgIpc) is 3.51. The quantitative estimate of drug-likeness (QED) is 0.0894. The van der Waals surface area contributed by atoms with E-state index in [1.54, 1.807) is 24.4 Å². The van der Waals surface area contributed by atoms with E-state index < -0.39 is 0 Å². The summed E-state index contributed by atoms with van der Waals surface area (Å²) in [6, 6.07) is 13.2. The lowest BCUT2D eigenvalue weighted by Crippen LogP contribution is -2.25. The molecule has 250 valence electrons. The summed E-state index contributed by atoms with van der Waals surface area (Å²) in [4.78, 5) is 39.6. The zero-order valence-corrected chi connectivity index (χ0v) is 27.7. The summed E-state index contributed by atoms with van der Waals surface area (Å²) >= 11 is 0. The molecule has 1 unspecified atom stereocenters. The van der Waals surface area contributed by atoms with E-state index in [9.17, 15) is 14.4 Å². The minimum atomic E-state index is -0.299. The van der Waals surface area contributed by atoms with E-state index in [0.29, 0.717) is 56.9 Å². The van der Waals surface area contributed by atoms with Crippen LogP contribution in [0.1, 0.15) is 43.7 Å². The number of amides is 2. The maximum atomic E-state index is 12.8. The highest BCUT2D eigenvalue weighted by molar-refractivity contribution is 5.96. The number of carbonyl (C=O) groups excluding carboxylic acids is 3. The van der Waals surface area contributed by atoms with Crippen LogP contribution < -0.4 is 21.3 Å².